The molecule has 0 heterocycles. The molecule has 1 N–H and O–H groups in total. The average Bonchev–Trinajstić information content (AvgIpc) is 2.44. The van der Waals surface area contributed by atoms with Crippen LogP contribution in [0.3, 0.4) is 0 Å². The molecule has 1 amide bonds. The van der Waals surface area contributed by atoms with E-state index in [1.807, 2.05) is 30.3 Å². The van der Waals surface area contributed by atoms with E-state index in [0.717, 1.165) is 11.4 Å². The molecular formula is C17H19NOS. The Morgan fingerprint density at radius 2 is 1.80 bits per heavy atom. The van der Waals surface area contributed by atoms with Crippen LogP contribution in [0.5, 0.6) is 0 Å². The van der Waals surface area contributed by atoms with Crippen LogP contribution in [-0.4, -0.2) is 11.7 Å². The molecule has 0 saturated heterocycles. The number of carbonyl (C=O) groups is 1. The van der Waals surface area contributed by atoms with Gasteiger partial charge in [0.25, 0.3) is 0 Å². The zero-order valence-electron chi connectivity index (χ0n) is 11.8. The van der Waals surface area contributed by atoms with Crippen molar-refractivity contribution in [2.45, 2.75) is 25.2 Å². The molecule has 2 rings (SSSR count). The Hall–Kier alpha value is -1.74. The number of carbonyl (C=O) groups excluding carboxylic acids is 1. The van der Waals surface area contributed by atoms with Crippen molar-refractivity contribution in [3.8, 4) is 0 Å². The lowest BCUT2D eigenvalue weighted by molar-refractivity contribution is -0.115. The van der Waals surface area contributed by atoms with Crippen molar-refractivity contribution in [3.05, 3.63) is 59.7 Å². The van der Waals surface area contributed by atoms with Crippen molar-refractivity contribution in [3.63, 3.8) is 0 Å². The van der Waals surface area contributed by atoms with Crippen LogP contribution in [0.25, 0.3) is 0 Å². The zero-order valence-corrected chi connectivity index (χ0v) is 12.7. The molecule has 0 aliphatic carbocycles. The van der Waals surface area contributed by atoms with E-state index in [2.05, 4.69) is 37.4 Å². The van der Waals surface area contributed by atoms with E-state index in [-0.39, 0.29) is 5.91 Å². The van der Waals surface area contributed by atoms with Gasteiger partial charge in [0.05, 0.1) is 0 Å². The number of anilines is 1. The van der Waals surface area contributed by atoms with Crippen LogP contribution < -0.4 is 5.32 Å². The predicted molar refractivity (Wildman–Crippen MR) is 86.3 cm³/mol. The van der Waals surface area contributed by atoms with Gasteiger partial charge in [-0.05, 0) is 49.2 Å². The van der Waals surface area contributed by atoms with Gasteiger partial charge in [-0.2, -0.15) is 0 Å². The average molecular weight is 285 g/mol. The van der Waals surface area contributed by atoms with Crippen molar-refractivity contribution >= 4 is 23.4 Å². The van der Waals surface area contributed by atoms with Gasteiger partial charge < -0.3 is 5.32 Å². The third kappa shape index (κ3) is 4.42. The summed E-state index contributed by atoms with van der Waals surface area (Å²) < 4.78 is 0. The predicted octanol–water partition coefficient (Wildman–Crippen LogP) is 4.42. The van der Waals surface area contributed by atoms with Crippen molar-refractivity contribution in [1.82, 2.24) is 0 Å². The second kappa shape index (κ2) is 7.15. The monoisotopic (exact) mass is 285 g/mol. The first kappa shape index (κ1) is 14.7. The first-order valence-electron chi connectivity index (χ1n) is 6.70. The fraction of sp³-hybridized carbons (Fsp3) is 0.235. The van der Waals surface area contributed by atoms with Crippen molar-refractivity contribution < 1.29 is 4.79 Å². The van der Waals surface area contributed by atoms with Crippen molar-refractivity contribution in [2.75, 3.05) is 11.1 Å². The molecule has 2 aromatic rings. The minimum absolute atomic E-state index is 0.0625. The molecule has 0 aliphatic rings. The van der Waals surface area contributed by atoms with Crippen LogP contribution in [0.2, 0.25) is 0 Å². The molecule has 0 saturated carbocycles. The highest BCUT2D eigenvalue weighted by Crippen LogP contribution is 2.21. The van der Waals surface area contributed by atoms with E-state index < -0.39 is 0 Å². The van der Waals surface area contributed by atoms with Crippen LogP contribution in [0, 0.1) is 13.8 Å². The van der Waals surface area contributed by atoms with E-state index in [1.165, 1.54) is 16.0 Å². The van der Waals surface area contributed by atoms with Gasteiger partial charge in [0.15, 0.2) is 0 Å². The van der Waals surface area contributed by atoms with Crippen LogP contribution >= 0.6 is 11.8 Å². The molecule has 2 aromatic carbocycles. The second-order valence-electron chi connectivity index (χ2n) is 4.76. The minimum Gasteiger partial charge on any atom is -0.326 e. The molecule has 104 valence electrons. The summed E-state index contributed by atoms with van der Waals surface area (Å²) in [5.74, 6) is 0.855. The summed E-state index contributed by atoms with van der Waals surface area (Å²) in [6, 6.07) is 16.0. The summed E-state index contributed by atoms with van der Waals surface area (Å²) in [6.45, 7) is 4.22. The largest absolute Gasteiger partial charge is 0.326 e. The summed E-state index contributed by atoms with van der Waals surface area (Å²) in [4.78, 5) is 13.0. The van der Waals surface area contributed by atoms with Gasteiger partial charge in [-0.3, -0.25) is 4.79 Å². The number of para-hydroxylation sites is 1. The van der Waals surface area contributed by atoms with Crippen LogP contribution in [0.15, 0.2) is 53.4 Å². The molecule has 0 bridgehead atoms. The second-order valence-corrected chi connectivity index (χ2v) is 5.93. The third-order valence-corrected chi connectivity index (χ3v) is 4.13. The number of rotatable bonds is 5. The van der Waals surface area contributed by atoms with E-state index in [0.29, 0.717) is 6.42 Å². The van der Waals surface area contributed by atoms with Crippen molar-refractivity contribution in [2.24, 2.45) is 0 Å². The highest BCUT2D eigenvalue weighted by Gasteiger charge is 2.03. The summed E-state index contributed by atoms with van der Waals surface area (Å²) in [6.07, 6.45) is 0.520. The zero-order chi connectivity index (χ0) is 14.4. The van der Waals surface area contributed by atoms with Crippen LogP contribution in [0.1, 0.15) is 17.5 Å². The summed E-state index contributed by atoms with van der Waals surface area (Å²) in [5, 5.41) is 2.90. The molecule has 0 spiro atoms. The van der Waals surface area contributed by atoms with Gasteiger partial charge >= 0.3 is 0 Å². The number of amides is 1. The SMILES string of the molecule is Cc1ccc(SCCC(=O)Nc2ccccc2)cc1C. The van der Waals surface area contributed by atoms with Crippen LogP contribution in [-0.2, 0) is 4.79 Å². The molecule has 0 aliphatic heterocycles. The normalized spacial score (nSPS) is 10.3. The molecule has 0 unspecified atom stereocenters. The van der Waals surface area contributed by atoms with Crippen LogP contribution in [0.4, 0.5) is 5.69 Å². The molecule has 20 heavy (non-hydrogen) atoms. The van der Waals surface area contributed by atoms with E-state index in [1.54, 1.807) is 11.8 Å². The molecule has 0 aromatic heterocycles. The fourth-order valence-electron chi connectivity index (χ4n) is 1.81. The smallest absolute Gasteiger partial charge is 0.225 e. The summed E-state index contributed by atoms with van der Waals surface area (Å²) in [5.41, 5.74) is 3.45. The maximum absolute atomic E-state index is 11.8. The Kier molecular flexibility index (Phi) is 5.24. The molecule has 0 fully saturated rings. The van der Waals surface area contributed by atoms with Gasteiger partial charge in [-0.1, -0.05) is 24.3 Å². The maximum atomic E-state index is 11.8. The molecule has 0 radical (unpaired) electrons. The number of hydrogen-bond donors (Lipinski definition) is 1. The van der Waals surface area contributed by atoms with Gasteiger partial charge in [-0.15, -0.1) is 11.8 Å². The van der Waals surface area contributed by atoms with E-state index in [4.69, 9.17) is 0 Å². The lowest BCUT2D eigenvalue weighted by atomic mass is 10.1. The summed E-state index contributed by atoms with van der Waals surface area (Å²) >= 11 is 1.72. The number of benzene rings is 2. The number of hydrogen-bond acceptors (Lipinski definition) is 2. The highest BCUT2D eigenvalue weighted by atomic mass is 32.2. The minimum atomic E-state index is 0.0625. The fourth-order valence-corrected chi connectivity index (χ4v) is 2.76. The third-order valence-electron chi connectivity index (χ3n) is 3.13. The summed E-state index contributed by atoms with van der Waals surface area (Å²) in [7, 11) is 0. The highest BCUT2D eigenvalue weighted by molar-refractivity contribution is 7.99. The van der Waals surface area contributed by atoms with Crippen molar-refractivity contribution in [1.29, 1.82) is 0 Å². The Morgan fingerprint density at radius 1 is 1.05 bits per heavy atom. The van der Waals surface area contributed by atoms with Gasteiger partial charge in [0.2, 0.25) is 5.91 Å². The van der Waals surface area contributed by atoms with Gasteiger partial charge in [-0.25, -0.2) is 0 Å². The maximum Gasteiger partial charge on any atom is 0.225 e. The first-order valence-corrected chi connectivity index (χ1v) is 7.68. The Labute approximate surface area is 124 Å². The van der Waals surface area contributed by atoms with Gasteiger partial charge in [0, 0.05) is 22.8 Å². The molecule has 0 atom stereocenters. The Morgan fingerprint density at radius 3 is 2.50 bits per heavy atom. The number of nitrogens with one attached hydrogen (secondary N) is 1. The van der Waals surface area contributed by atoms with Gasteiger partial charge in [0.1, 0.15) is 0 Å². The standard InChI is InChI=1S/C17H19NOS/c1-13-8-9-16(12-14(13)2)20-11-10-17(19)18-15-6-4-3-5-7-15/h3-9,12H,10-11H2,1-2H3,(H,18,19). The quantitative estimate of drug-likeness (QED) is 0.824. The number of aryl methyl sites for hydroxylation is 2. The topological polar surface area (TPSA) is 29.1 Å². The number of thioether (sulfide) groups is 1. The lowest BCUT2D eigenvalue weighted by Gasteiger charge is -2.06. The Balaban J connectivity index is 1.78. The molecule has 3 heteroatoms. The lowest BCUT2D eigenvalue weighted by Crippen LogP contribution is -2.11. The van der Waals surface area contributed by atoms with E-state index >= 15 is 0 Å². The first-order chi connectivity index (χ1) is 9.65. The van der Waals surface area contributed by atoms with E-state index in [9.17, 15) is 4.79 Å². The Bertz CT molecular complexity index is 581. The molecule has 2 nitrogen and oxygen atoms in total. The molecular weight excluding hydrogens is 266 g/mol.